The second-order valence-electron chi connectivity index (χ2n) is 16.9. The van der Waals surface area contributed by atoms with Crippen LogP contribution >= 0.6 is 0 Å². The Morgan fingerprint density at radius 1 is 0.368 bits per heavy atom. The zero-order valence-electron chi connectivity index (χ0n) is 36.6. The summed E-state index contributed by atoms with van der Waals surface area (Å²) in [5.41, 5.74) is 12.5. The number of aromatic nitrogens is 6. The highest BCUT2D eigenvalue weighted by Crippen LogP contribution is 2.42. The molecule has 6 heterocycles. The first kappa shape index (κ1) is 39.1. The highest BCUT2D eigenvalue weighted by molar-refractivity contribution is 6.28. The summed E-state index contributed by atoms with van der Waals surface area (Å²) in [7, 11) is 0. The van der Waals surface area contributed by atoms with Crippen LogP contribution in [-0.4, -0.2) is 34.9 Å². The first-order valence-electron chi connectivity index (χ1n) is 22.8. The van der Waals surface area contributed by atoms with Crippen molar-refractivity contribution >= 4 is 55.1 Å². The van der Waals surface area contributed by atoms with Crippen LogP contribution in [-0.2, 0) is 0 Å². The molecule has 1 aliphatic heterocycles. The fourth-order valence-corrected chi connectivity index (χ4v) is 9.72. The Hall–Kier alpha value is -9.27. The van der Waals surface area contributed by atoms with Gasteiger partial charge in [-0.05, 0) is 71.8 Å². The van der Waals surface area contributed by atoms with E-state index in [9.17, 15) is 0 Å². The maximum atomic E-state index is 5.40. The van der Waals surface area contributed by atoms with Gasteiger partial charge in [0.2, 0.25) is 0 Å². The van der Waals surface area contributed by atoms with Crippen LogP contribution in [0.5, 0.6) is 0 Å². The van der Waals surface area contributed by atoms with E-state index in [2.05, 4.69) is 178 Å². The average molecular weight is 873 g/mol. The van der Waals surface area contributed by atoms with Gasteiger partial charge in [0.15, 0.2) is 11.7 Å². The van der Waals surface area contributed by atoms with E-state index in [0.29, 0.717) is 11.5 Å². The van der Waals surface area contributed by atoms with Gasteiger partial charge in [-0.1, -0.05) is 170 Å². The molecule has 0 fully saturated rings. The number of hydrogen-bond donors (Lipinski definition) is 1. The molecule has 0 amide bonds. The third-order valence-electron chi connectivity index (χ3n) is 12.8. The number of hydrogen-bond acceptors (Lipinski definition) is 6. The number of benzene rings is 7. The molecule has 0 aliphatic carbocycles. The van der Waals surface area contributed by atoms with Crippen molar-refractivity contribution in [3.05, 3.63) is 247 Å². The second-order valence-corrected chi connectivity index (χ2v) is 16.9. The molecule has 1 atom stereocenters. The highest BCUT2D eigenvalue weighted by atomic mass is 15.1. The minimum absolute atomic E-state index is 0.0860. The molecule has 0 spiro atoms. The lowest BCUT2D eigenvalue weighted by Crippen LogP contribution is -2.32. The van der Waals surface area contributed by atoms with Gasteiger partial charge in [0.25, 0.3) is 0 Å². The third kappa shape index (κ3) is 6.74. The summed E-state index contributed by atoms with van der Waals surface area (Å²) in [5.74, 6) is 2.86. The van der Waals surface area contributed by atoms with Crippen LogP contribution in [0.25, 0.3) is 95.0 Å². The van der Waals surface area contributed by atoms with Gasteiger partial charge in [0.05, 0.1) is 45.2 Å². The average Bonchev–Trinajstić information content (AvgIpc) is 3.95. The minimum Gasteiger partial charge on any atom is -0.358 e. The topological polar surface area (TPSA) is 85.8 Å². The highest BCUT2D eigenvalue weighted by Gasteiger charge is 2.24. The molecule has 0 bridgehead atoms. The number of amidine groups is 1. The fourth-order valence-electron chi connectivity index (χ4n) is 9.72. The molecule has 0 saturated carbocycles. The maximum absolute atomic E-state index is 5.40. The Morgan fingerprint density at radius 2 is 0.838 bits per heavy atom. The smallest absolute Gasteiger partial charge is 0.179 e. The predicted octanol–water partition coefficient (Wildman–Crippen LogP) is 13.6. The summed E-state index contributed by atoms with van der Waals surface area (Å²) in [5, 5.41) is 8.27. The van der Waals surface area contributed by atoms with E-state index in [1.807, 2.05) is 66.7 Å². The van der Waals surface area contributed by atoms with Crippen LogP contribution in [0.15, 0.2) is 236 Å². The van der Waals surface area contributed by atoms with Gasteiger partial charge >= 0.3 is 0 Å². The van der Waals surface area contributed by atoms with Crippen LogP contribution in [0.1, 0.15) is 22.9 Å². The summed E-state index contributed by atoms with van der Waals surface area (Å²) < 4.78 is 4.55. The van der Waals surface area contributed by atoms with Gasteiger partial charge in [0.1, 0.15) is 23.0 Å². The maximum Gasteiger partial charge on any atom is 0.179 e. The normalized spacial score (nSPS) is 13.7. The first-order chi connectivity index (χ1) is 33.7. The van der Waals surface area contributed by atoms with Gasteiger partial charge in [-0.25, -0.2) is 24.9 Å². The van der Waals surface area contributed by atoms with E-state index in [4.69, 9.17) is 24.9 Å². The molecule has 1 aliphatic rings. The molecular weight excluding hydrogens is 833 g/mol. The lowest BCUT2D eigenvalue weighted by atomic mass is 10.0. The number of pyridine rings is 2. The van der Waals surface area contributed by atoms with Crippen molar-refractivity contribution in [3.8, 4) is 45.7 Å². The molecule has 8 heteroatoms. The monoisotopic (exact) mass is 872 g/mol. The Labute approximate surface area is 391 Å². The van der Waals surface area contributed by atoms with Crippen LogP contribution in [0, 0.1) is 0 Å². The van der Waals surface area contributed by atoms with Crippen molar-refractivity contribution < 1.29 is 0 Å². The van der Waals surface area contributed by atoms with E-state index < -0.39 is 0 Å². The zero-order valence-corrected chi connectivity index (χ0v) is 36.6. The van der Waals surface area contributed by atoms with Gasteiger partial charge in [0, 0.05) is 32.7 Å². The summed E-state index contributed by atoms with van der Waals surface area (Å²) in [6, 6.07) is 77.3. The fraction of sp³-hybridized carbons (Fsp3) is 0.0167. The van der Waals surface area contributed by atoms with Gasteiger partial charge in [-0.3, -0.25) is 9.13 Å². The van der Waals surface area contributed by atoms with Crippen molar-refractivity contribution in [1.29, 1.82) is 0 Å². The Kier molecular flexibility index (Phi) is 9.38. The quantitative estimate of drug-likeness (QED) is 0.164. The third-order valence-corrected chi connectivity index (χ3v) is 12.8. The largest absolute Gasteiger partial charge is 0.358 e. The van der Waals surface area contributed by atoms with Crippen LogP contribution in [0.3, 0.4) is 0 Å². The number of fused-ring (bicyclic) bond motifs is 7. The number of nitrogens with zero attached hydrogens (tertiary/aromatic N) is 7. The molecule has 1 N–H and O–H groups in total. The lowest BCUT2D eigenvalue weighted by Gasteiger charge is -2.24. The molecule has 320 valence electrons. The summed E-state index contributed by atoms with van der Waals surface area (Å²) >= 11 is 0. The minimum atomic E-state index is -0.0860. The molecule has 12 aromatic rings. The van der Waals surface area contributed by atoms with E-state index in [-0.39, 0.29) is 6.04 Å². The molecule has 7 aromatic carbocycles. The van der Waals surface area contributed by atoms with Crippen molar-refractivity contribution in [2.45, 2.75) is 6.04 Å². The van der Waals surface area contributed by atoms with Crippen molar-refractivity contribution in [2.75, 3.05) is 0 Å². The summed E-state index contributed by atoms with van der Waals surface area (Å²) in [6.07, 6.45) is 2.19. The van der Waals surface area contributed by atoms with E-state index >= 15 is 0 Å². The van der Waals surface area contributed by atoms with E-state index in [0.717, 1.165) is 106 Å². The molecule has 0 radical (unpaired) electrons. The lowest BCUT2D eigenvalue weighted by molar-refractivity contribution is 0.778. The number of para-hydroxylation sites is 2. The Morgan fingerprint density at radius 3 is 1.40 bits per heavy atom. The molecule has 1 unspecified atom stereocenters. The molecule has 5 aromatic heterocycles. The second kappa shape index (κ2) is 16.3. The SMILES string of the molecule is C1=C(c2ccccc2)N=C(c2cccc(-n3c4ccccc4c4c5c6ccccc6n(-c6cccc(-c7nc(-c8ccccc8)cc(-c8ccccc8)n7)n6)c5ccc43)n2)NC1c1ccccc1. The Bertz CT molecular complexity index is 3870. The van der Waals surface area contributed by atoms with Crippen LogP contribution in [0.4, 0.5) is 0 Å². The van der Waals surface area contributed by atoms with Gasteiger partial charge in [-0.15, -0.1) is 0 Å². The molecule has 13 rings (SSSR count). The summed E-state index contributed by atoms with van der Waals surface area (Å²) in [6.45, 7) is 0. The van der Waals surface area contributed by atoms with E-state index in [1.54, 1.807) is 0 Å². The van der Waals surface area contributed by atoms with E-state index in [1.165, 1.54) is 0 Å². The molecule has 0 saturated heterocycles. The first-order valence-corrected chi connectivity index (χ1v) is 22.8. The summed E-state index contributed by atoms with van der Waals surface area (Å²) in [4.78, 5) is 26.2. The predicted molar refractivity (Wildman–Crippen MR) is 276 cm³/mol. The van der Waals surface area contributed by atoms with Crippen molar-refractivity contribution in [2.24, 2.45) is 4.99 Å². The van der Waals surface area contributed by atoms with Crippen molar-refractivity contribution in [1.82, 2.24) is 34.4 Å². The van der Waals surface area contributed by atoms with Crippen LogP contribution in [0.2, 0.25) is 0 Å². The van der Waals surface area contributed by atoms with Crippen molar-refractivity contribution in [3.63, 3.8) is 0 Å². The number of nitrogens with one attached hydrogen (secondary N) is 1. The Balaban J connectivity index is 0.964. The number of rotatable bonds is 8. The molecule has 68 heavy (non-hydrogen) atoms. The van der Waals surface area contributed by atoms with Gasteiger partial charge in [-0.2, -0.15) is 0 Å². The van der Waals surface area contributed by atoms with Gasteiger partial charge < -0.3 is 5.32 Å². The zero-order chi connectivity index (χ0) is 45.0. The molecular formula is C60H40N8. The standard InChI is InChI=1S/C60H40N8/c1-5-19-39(20-6-1)47-37-48(40-21-7-2-8-22-40)64-59(63-47)45-29-17-33-55(61-45)67-51-31-15-13-27-43(51)57-53(67)35-36-54-58(57)44-28-14-16-32-52(44)68(54)56-34-18-30-46(62-56)60-65-49(41-23-9-3-10-24-41)38-50(66-60)42-25-11-4-12-26-42/h1-38,47H,(H,63,64). The van der Waals surface area contributed by atoms with Crippen LogP contribution < -0.4 is 5.32 Å². The molecule has 8 nitrogen and oxygen atoms in total. The number of aliphatic imine (C=N–C) groups is 1.